The van der Waals surface area contributed by atoms with Crippen LogP contribution < -0.4 is 9.80 Å². The zero-order valence-electron chi connectivity index (χ0n) is 17.6. The van der Waals surface area contributed by atoms with Crippen LogP contribution in [0.15, 0.2) is 47.1 Å². The van der Waals surface area contributed by atoms with Crippen molar-refractivity contribution in [2.75, 3.05) is 50.1 Å². The summed E-state index contributed by atoms with van der Waals surface area (Å²) in [4.78, 5) is 27.8. The van der Waals surface area contributed by atoms with Crippen molar-refractivity contribution in [2.45, 2.75) is 13.3 Å². The molecule has 2 aromatic heterocycles. The third-order valence-electron chi connectivity index (χ3n) is 5.30. The topological polar surface area (TPSA) is 78.6 Å². The highest BCUT2D eigenvalue weighted by Gasteiger charge is 2.23. The zero-order chi connectivity index (χ0) is 21.1. The number of rotatable bonds is 5. The SMILES string of the molecule is CCc1nc(-c2ccc(N3CCN(C(=O)c4ccc(N(C)C)cc4)CC3)nc2)no1. The van der Waals surface area contributed by atoms with E-state index in [1.165, 1.54) is 0 Å². The molecule has 3 heterocycles. The maximum Gasteiger partial charge on any atom is 0.253 e. The van der Waals surface area contributed by atoms with Gasteiger partial charge in [-0.2, -0.15) is 4.98 Å². The molecule has 1 aromatic carbocycles. The Bertz CT molecular complexity index is 989. The van der Waals surface area contributed by atoms with Crippen molar-refractivity contribution in [3.8, 4) is 11.4 Å². The molecule has 1 fully saturated rings. The zero-order valence-corrected chi connectivity index (χ0v) is 17.6. The summed E-state index contributed by atoms with van der Waals surface area (Å²) in [5.41, 5.74) is 2.64. The van der Waals surface area contributed by atoms with E-state index in [9.17, 15) is 4.79 Å². The Kier molecular flexibility index (Phi) is 5.65. The van der Waals surface area contributed by atoms with Gasteiger partial charge in [-0.25, -0.2) is 4.98 Å². The van der Waals surface area contributed by atoms with Crippen LogP contribution in [-0.4, -0.2) is 66.2 Å². The summed E-state index contributed by atoms with van der Waals surface area (Å²) in [6, 6.07) is 11.7. The minimum absolute atomic E-state index is 0.0760. The maximum absolute atomic E-state index is 12.8. The molecular weight excluding hydrogens is 380 g/mol. The summed E-state index contributed by atoms with van der Waals surface area (Å²) in [5, 5.41) is 3.99. The summed E-state index contributed by atoms with van der Waals surface area (Å²) >= 11 is 0. The van der Waals surface area contributed by atoms with Gasteiger partial charge < -0.3 is 19.2 Å². The number of nitrogens with zero attached hydrogens (tertiary/aromatic N) is 6. The van der Waals surface area contributed by atoms with Gasteiger partial charge in [0.2, 0.25) is 11.7 Å². The van der Waals surface area contributed by atoms with Gasteiger partial charge >= 0.3 is 0 Å². The number of carbonyl (C=O) groups is 1. The van der Waals surface area contributed by atoms with E-state index in [1.807, 2.05) is 67.2 Å². The summed E-state index contributed by atoms with van der Waals surface area (Å²) in [5.74, 6) is 2.14. The first-order valence-corrected chi connectivity index (χ1v) is 10.2. The van der Waals surface area contributed by atoms with Crippen molar-refractivity contribution >= 4 is 17.4 Å². The van der Waals surface area contributed by atoms with Crippen LogP contribution in [0.25, 0.3) is 11.4 Å². The Morgan fingerprint density at radius 1 is 1.07 bits per heavy atom. The van der Waals surface area contributed by atoms with Crippen LogP contribution in [0.4, 0.5) is 11.5 Å². The van der Waals surface area contributed by atoms with E-state index in [4.69, 9.17) is 4.52 Å². The summed E-state index contributed by atoms with van der Waals surface area (Å²) in [7, 11) is 3.97. The molecular formula is C22H26N6O2. The Morgan fingerprint density at radius 2 is 1.80 bits per heavy atom. The van der Waals surface area contributed by atoms with Crippen LogP contribution in [0.2, 0.25) is 0 Å². The number of carbonyl (C=O) groups excluding carboxylic acids is 1. The van der Waals surface area contributed by atoms with Crippen LogP contribution in [0, 0.1) is 0 Å². The highest BCUT2D eigenvalue weighted by molar-refractivity contribution is 5.94. The first-order chi connectivity index (χ1) is 14.5. The summed E-state index contributed by atoms with van der Waals surface area (Å²) < 4.78 is 5.16. The highest BCUT2D eigenvalue weighted by atomic mass is 16.5. The molecule has 4 rings (SSSR count). The van der Waals surface area contributed by atoms with Gasteiger partial charge in [0.05, 0.1) is 0 Å². The Morgan fingerprint density at radius 3 is 2.37 bits per heavy atom. The molecule has 1 aliphatic heterocycles. The van der Waals surface area contributed by atoms with E-state index in [2.05, 4.69) is 20.0 Å². The Labute approximate surface area is 176 Å². The van der Waals surface area contributed by atoms with Crippen LogP contribution in [0.1, 0.15) is 23.2 Å². The number of piperazine rings is 1. The minimum Gasteiger partial charge on any atom is -0.378 e. The van der Waals surface area contributed by atoms with Crippen molar-refractivity contribution in [1.82, 2.24) is 20.0 Å². The molecule has 0 unspecified atom stereocenters. The fourth-order valence-electron chi connectivity index (χ4n) is 3.44. The number of benzene rings is 1. The van der Waals surface area contributed by atoms with Gasteiger partial charge in [0.1, 0.15) is 5.82 Å². The molecule has 0 aliphatic carbocycles. The van der Waals surface area contributed by atoms with Gasteiger partial charge in [-0.05, 0) is 36.4 Å². The lowest BCUT2D eigenvalue weighted by Gasteiger charge is -2.35. The first-order valence-electron chi connectivity index (χ1n) is 10.2. The molecule has 30 heavy (non-hydrogen) atoms. The third-order valence-corrected chi connectivity index (χ3v) is 5.30. The lowest BCUT2D eigenvalue weighted by Crippen LogP contribution is -2.49. The van der Waals surface area contributed by atoms with Crippen LogP contribution in [0.3, 0.4) is 0 Å². The third kappa shape index (κ3) is 4.12. The predicted molar refractivity (Wildman–Crippen MR) is 116 cm³/mol. The van der Waals surface area contributed by atoms with Gasteiger partial charge in [-0.3, -0.25) is 4.79 Å². The number of anilines is 2. The number of hydrogen-bond donors (Lipinski definition) is 0. The second-order valence-corrected chi connectivity index (χ2v) is 7.49. The van der Waals surface area contributed by atoms with Gasteiger partial charge in [0.25, 0.3) is 5.91 Å². The number of aromatic nitrogens is 3. The molecule has 8 nitrogen and oxygen atoms in total. The first kappa shape index (κ1) is 19.9. The van der Waals surface area contributed by atoms with Gasteiger partial charge in [0, 0.05) is 69.7 Å². The molecule has 0 spiro atoms. The Balaban J connectivity index is 1.36. The molecule has 156 valence electrons. The van der Waals surface area contributed by atoms with Crippen molar-refractivity contribution in [3.63, 3.8) is 0 Å². The molecule has 3 aromatic rings. The molecule has 0 atom stereocenters. The molecule has 0 saturated carbocycles. The standard InChI is InChI=1S/C22H26N6O2/c1-4-20-24-21(25-30-20)17-7-10-19(23-15-17)27-11-13-28(14-12-27)22(29)16-5-8-18(9-6-16)26(2)3/h5-10,15H,4,11-14H2,1-3H3. The van der Waals surface area contributed by atoms with E-state index in [-0.39, 0.29) is 5.91 Å². The van der Waals surface area contributed by atoms with Crippen LogP contribution in [0.5, 0.6) is 0 Å². The predicted octanol–water partition coefficient (Wildman–Crippen LogP) is 2.72. The quantitative estimate of drug-likeness (QED) is 0.645. The van der Waals surface area contributed by atoms with E-state index in [0.717, 1.165) is 35.7 Å². The monoisotopic (exact) mass is 406 g/mol. The van der Waals surface area contributed by atoms with Crippen molar-refractivity contribution in [2.24, 2.45) is 0 Å². The summed E-state index contributed by atoms with van der Waals surface area (Å²) in [6.07, 6.45) is 2.48. The van der Waals surface area contributed by atoms with E-state index >= 15 is 0 Å². The highest BCUT2D eigenvalue weighted by Crippen LogP contribution is 2.20. The minimum atomic E-state index is 0.0760. The number of pyridine rings is 1. The fourth-order valence-corrected chi connectivity index (χ4v) is 3.44. The average molecular weight is 406 g/mol. The normalized spacial score (nSPS) is 14.1. The molecule has 1 aliphatic rings. The second-order valence-electron chi connectivity index (χ2n) is 7.49. The second kappa shape index (κ2) is 8.52. The largest absolute Gasteiger partial charge is 0.378 e. The number of amides is 1. The summed E-state index contributed by atoms with van der Waals surface area (Å²) in [6.45, 7) is 4.80. The van der Waals surface area contributed by atoms with Crippen molar-refractivity contribution in [1.29, 1.82) is 0 Å². The van der Waals surface area contributed by atoms with Crippen LogP contribution >= 0.6 is 0 Å². The maximum atomic E-state index is 12.8. The van der Waals surface area contributed by atoms with Gasteiger partial charge in [0.15, 0.2) is 0 Å². The average Bonchev–Trinajstić information content (AvgIpc) is 3.28. The lowest BCUT2D eigenvalue weighted by atomic mass is 10.1. The lowest BCUT2D eigenvalue weighted by molar-refractivity contribution is 0.0746. The van der Waals surface area contributed by atoms with Gasteiger partial charge in [-0.1, -0.05) is 12.1 Å². The molecule has 0 radical (unpaired) electrons. The fraction of sp³-hybridized carbons (Fsp3) is 0.364. The van der Waals surface area contributed by atoms with Crippen molar-refractivity contribution in [3.05, 3.63) is 54.0 Å². The van der Waals surface area contributed by atoms with Crippen LogP contribution in [-0.2, 0) is 6.42 Å². The smallest absolute Gasteiger partial charge is 0.253 e. The van der Waals surface area contributed by atoms with Gasteiger partial charge in [-0.15, -0.1) is 0 Å². The van der Waals surface area contributed by atoms with E-state index < -0.39 is 0 Å². The number of hydrogen-bond acceptors (Lipinski definition) is 7. The Hall–Kier alpha value is -3.42. The van der Waals surface area contributed by atoms with E-state index in [0.29, 0.717) is 31.2 Å². The number of aryl methyl sites for hydroxylation is 1. The molecule has 0 N–H and O–H groups in total. The molecule has 8 heteroatoms. The van der Waals surface area contributed by atoms with E-state index in [1.54, 1.807) is 6.20 Å². The molecule has 0 bridgehead atoms. The molecule has 1 saturated heterocycles. The van der Waals surface area contributed by atoms with Crippen molar-refractivity contribution < 1.29 is 9.32 Å². The molecule has 1 amide bonds.